The molecular weight excluding hydrogens is 350 g/mol. The average molecular weight is 375 g/mol. The Balaban J connectivity index is 1.51. The summed E-state index contributed by atoms with van der Waals surface area (Å²) in [6, 6.07) is 3.40. The van der Waals surface area contributed by atoms with Crippen LogP contribution in [0.3, 0.4) is 0 Å². The van der Waals surface area contributed by atoms with Gasteiger partial charge in [-0.25, -0.2) is 9.97 Å². The maximum Gasteiger partial charge on any atom is 0.259 e. The number of carbonyl (C=O) groups is 1. The zero-order valence-corrected chi connectivity index (χ0v) is 16.3. The van der Waals surface area contributed by atoms with Crippen molar-refractivity contribution < 1.29 is 14.3 Å². The van der Waals surface area contributed by atoms with E-state index in [0.29, 0.717) is 29.8 Å². The number of nitrogens with one attached hydrogen (secondary N) is 1. The molecule has 6 nitrogen and oxygen atoms in total. The SMILES string of the molecule is CC(C)(C)OCCOc1ccc(C(=O)Nc2nc3c(s2)CCCC3)cn1. The predicted molar refractivity (Wildman–Crippen MR) is 102 cm³/mol. The number of hydrogen-bond acceptors (Lipinski definition) is 6. The summed E-state index contributed by atoms with van der Waals surface area (Å²) in [5.41, 5.74) is 1.43. The predicted octanol–water partition coefficient (Wildman–Crippen LogP) is 3.86. The van der Waals surface area contributed by atoms with Gasteiger partial charge in [-0.05, 0) is 52.5 Å². The van der Waals surface area contributed by atoms with Crippen LogP contribution in [0, 0.1) is 0 Å². The zero-order chi connectivity index (χ0) is 18.6. The lowest BCUT2D eigenvalue weighted by Gasteiger charge is -2.19. The van der Waals surface area contributed by atoms with Gasteiger partial charge in [0.1, 0.15) is 6.61 Å². The van der Waals surface area contributed by atoms with Crippen molar-refractivity contribution in [2.45, 2.75) is 52.1 Å². The Bertz CT molecular complexity index is 727. The van der Waals surface area contributed by atoms with Crippen molar-refractivity contribution in [2.24, 2.45) is 0 Å². The molecule has 3 rings (SSSR count). The van der Waals surface area contributed by atoms with Crippen molar-refractivity contribution >= 4 is 22.4 Å². The van der Waals surface area contributed by atoms with Gasteiger partial charge in [-0.1, -0.05) is 0 Å². The third-order valence-corrected chi connectivity index (χ3v) is 5.01. The molecule has 2 aromatic heterocycles. The average Bonchev–Trinajstić information content (AvgIpc) is 3.00. The summed E-state index contributed by atoms with van der Waals surface area (Å²) in [5.74, 6) is 0.273. The molecule has 0 fully saturated rings. The second-order valence-corrected chi connectivity index (χ2v) is 8.33. The van der Waals surface area contributed by atoms with Crippen LogP contribution in [0.5, 0.6) is 5.88 Å². The molecule has 0 radical (unpaired) electrons. The van der Waals surface area contributed by atoms with Gasteiger partial charge in [-0.3, -0.25) is 10.1 Å². The van der Waals surface area contributed by atoms with Crippen LogP contribution in [0.15, 0.2) is 18.3 Å². The fourth-order valence-electron chi connectivity index (χ4n) is 2.67. The number of carbonyl (C=O) groups excluding carboxylic acids is 1. The molecule has 140 valence electrons. The molecule has 0 aliphatic heterocycles. The van der Waals surface area contributed by atoms with Crippen LogP contribution in [0.1, 0.15) is 54.5 Å². The lowest BCUT2D eigenvalue weighted by molar-refractivity contribution is -0.0168. The number of amides is 1. The highest BCUT2D eigenvalue weighted by molar-refractivity contribution is 7.15. The number of pyridine rings is 1. The van der Waals surface area contributed by atoms with E-state index in [4.69, 9.17) is 9.47 Å². The van der Waals surface area contributed by atoms with Gasteiger partial charge in [0, 0.05) is 17.1 Å². The van der Waals surface area contributed by atoms with Gasteiger partial charge in [0.25, 0.3) is 5.91 Å². The molecule has 7 heteroatoms. The highest BCUT2D eigenvalue weighted by Gasteiger charge is 2.17. The minimum absolute atomic E-state index is 0.187. The first-order valence-corrected chi connectivity index (χ1v) is 9.75. The van der Waals surface area contributed by atoms with Crippen molar-refractivity contribution in [1.29, 1.82) is 0 Å². The van der Waals surface area contributed by atoms with E-state index >= 15 is 0 Å². The number of rotatable bonds is 6. The highest BCUT2D eigenvalue weighted by Crippen LogP contribution is 2.29. The molecule has 0 saturated carbocycles. The quantitative estimate of drug-likeness (QED) is 0.776. The van der Waals surface area contributed by atoms with Gasteiger partial charge >= 0.3 is 0 Å². The summed E-state index contributed by atoms with van der Waals surface area (Å²) >= 11 is 1.57. The number of ether oxygens (including phenoxy) is 2. The Morgan fingerprint density at radius 1 is 1.23 bits per heavy atom. The Morgan fingerprint density at radius 2 is 2.04 bits per heavy atom. The Kier molecular flexibility index (Phi) is 5.88. The first-order chi connectivity index (χ1) is 12.4. The van der Waals surface area contributed by atoms with E-state index in [9.17, 15) is 4.79 Å². The number of hydrogen-bond donors (Lipinski definition) is 1. The summed E-state index contributed by atoms with van der Waals surface area (Å²) in [5, 5.41) is 3.54. The molecule has 1 amide bonds. The van der Waals surface area contributed by atoms with Gasteiger partial charge in [-0.2, -0.15) is 0 Å². The number of nitrogens with zero attached hydrogens (tertiary/aromatic N) is 2. The minimum atomic E-state index is -0.203. The molecule has 0 spiro atoms. The van der Waals surface area contributed by atoms with Gasteiger partial charge in [0.2, 0.25) is 5.88 Å². The topological polar surface area (TPSA) is 73.3 Å². The minimum Gasteiger partial charge on any atom is -0.475 e. The van der Waals surface area contributed by atoms with Crippen molar-refractivity contribution in [1.82, 2.24) is 9.97 Å². The van der Waals surface area contributed by atoms with E-state index in [1.807, 2.05) is 20.8 Å². The molecule has 1 aliphatic rings. The Labute approximate surface area is 158 Å². The molecule has 2 heterocycles. The molecule has 26 heavy (non-hydrogen) atoms. The maximum absolute atomic E-state index is 12.4. The third kappa shape index (κ3) is 5.25. The van der Waals surface area contributed by atoms with Crippen LogP contribution in [0.25, 0.3) is 0 Å². The van der Waals surface area contributed by atoms with Crippen molar-refractivity contribution in [3.8, 4) is 5.88 Å². The van der Waals surface area contributed by atoms with Crippen molar-refractivity contribution in [3.05, 3.63) is 34.5 Å². The Hall–Kier alpha value is -1.99. The number of aryl methyl sites for hydroxylation is 2. The van der Waals surface area contributed by atoms with E-state index in [1.54, 1.807) is 23.5 Å². The summed E-state index contributed by atoms with van der Waals surface area (Å²) in [4.78, 5) is 22.4. The van der Waals surface area contributed by atoms with Gasteiger partial charge < -0.3 is 9.47 Å². The van der Waals surface area contributed by atoms with Crippen LogP contribution in [0.4, 0.5) is 5.13 Å². The lowest BCUT2D eigenvalue weighted by Crippen LogP contribution is -2.22. The molecule has 0 atom stereocenters. The van der Waals surface area contributed by atoms with Crippen LogP contribution in [-0.2, 0) is 17.6 Å². The third-order valence-electron chi connectivity index (χ3n) is 3.93. The highest BCUT2D eigenvalue weighted by atomic mass is 32.1. The maximum atomic E-state index is 12.4. The number of anilines is 1. The van der Waals surface area contributed by atoms with E-state index in [0.717, 1.165) is 18.5 Å². The van der Waals surface area contributed by atoms with E-state index < -0.39 is 0 Å². The van der Waals surface area contributed by atoms with Crippen LogP contribution >= 0.6 is 11.3 Å². The second kappa shape index (κ2) is 8.14. The summed E-state index contributed by atoms with van der Waals surface area (Å²) in [6.07, 6.45) is 5.97. The molecule has 0 unspecified atom stereocenters. The number of thiazole rings is 1. The van der Waals surface area contributed by atoms with Gasteiger partial charge in [0.05, 0.1) is 23.5 Å². The first kappa shape index (κ1) is 18.8. The molecule has 0 aromatic carbocycles. The fourth-order valence-corrected chi connectivity index (χ4v) is 3.71. The summed E-state index contributed by atoms with van der Waals surface area (Å²) in [6.45, 7) is 6.90. The summed E-state index contributed by atoms with van der Waals surface area (Å²) < 4.78 is 11.1. The van der Waals surface area contributed by atoms with E-state index in [1.165, 1.54) is 23.9 Å². The molecular formula is C19H25N3O3S. The Morgan fingerprint density at radius 3 is 2.73 bits per heavy atom. The first-order valence-electron chi connectivity index (χ1n) is 8.93. The smallest absolute Gasteiger partial charge is 0.259 e. The monoisotopic (exact) mass is 375 g/mol. The van der Waals surface area contributed by atoms with Crippen LogP contribution < -0.4 is 10.1 Å². The summed E-state index contributed by atoms with van der Waals surface area (Å²) in [7, 11) is 0. The molecule has 1 aliphatic carbocycles. The van der Waals surface area contributed by atoms with E-state index in [-0.39, 0.29) is 11.5 Å². The zero-order valence-electron chi connectivity index (χ0n) is 15.5. The van der Waals surface area contributed by atoms with Gasteiger partial charge in [0.15, 0.2) is 5.13 Å². The van der Waals surface area contributed by atoms with E-state index in [2.05, 4.69) is 15.3 Å². The second-order valence-electron chi connectivity index (χ2n) is 7.24. The fraction of sp³-hybridized carbons (Fsp3) is 0.526. The largest absolute Gasteiger partial charge is 0.475 e. The number of fused-ring (bicyclic) bond motifs is 1. The van der Waals surface area contributed by atoms with Crippen molar-refractivity contribution in [3.63, 3.8) is 0 Å². The lowest BCUT2D eigenvalue weighted by atomic mass is 10.0. The normalized spacial score (nSPS) is 14.0. The van der Waals surface area contributed by atoms with Gasteiger partial charge in [-0.15, -0.1) is 11.3 Å². The van der Waals surface area contributed by atoms with Crippen molar-refractivity contribution in [2.75, 3.05) is 18.5 Å². The molecule has 1 N–H and O–H groups in total. The molecule has 0 bridgehead atoms. The molecule has 2 aromatic rings. The van der Waals surface area contributed by atoms with Crippen LogP contribution in [-0.4, -0.2) is 34.7 Å². The standard InChI is InChI=1S/C19H25N3O3S/c1-19(2,3)25-11-10-24-16-9-8-13(12-20-16)17(23)22-18-21-14-6-4-5-7-15(14)26-18/h8-9,12H,4-7,10-11H2,1-3H3,(H,21,22,23). The number of aromatic nitrogens is 2. The van der Waals surface area contributed by atoms with Crippen LogP contribution in [0.2, 0.25) is 0 Å². The molecule has 0 saturated heterocycles.